The van der Waals surface area contributed by atoms with E-state index in [0.717, 1.165) is 112 Å². The van der Waals surface area contributed by atoms with Gasteiger partial charge in [0.05, 0.1) is 20.1 Å². The van der Waals surface area contributed by atoms with E-state index in [1.165, 1.54) is 0 Å². The normalized spacial score (nSPS) is 10.6. The van der Waals surface area contributed by atoms with E-state index in [4.69, 9.17) is 71.3 Å². The summed E-state index contributed by atoms with van der Waals surface area (Å²) in [5.74, 6) is 0. The van der Waals surface area contributed by atoms with Crippen LogP contribution < -0.4 is 31.9 Å². The minimum absolute atomic E-state index is 0. The molecule has 0 unspecified atom stereocenters. The minimum Gasteiger partial charge on any atom is -0.412 e. The molecule has 1 radical (unpaired) electrons. The average Bonchev–Trinajstić information content (AvgIpc) is 3.11. The first-order chi connectivity index (χ1) is 26.6. The van der Waals surface area contributed by atoms with Crippen LogP contribution in [0.3, 0.4) is 0 Å². The summed E-state index contributed by atoms with van der Waals surface area (Å²) in [6, 6.07) is 17.3. The second kappa shape index (κ2) is 26.1. The summed E-state index contributed by atoms with van der Waals surface area (Å²) < 4.78 is 1.36. The van der Waals surface area contributed by atoms with Gasteiger partial charge in [0, 0.05) is 26.2 Å². The molecule has 319 valence electrons. The molecule has 0 amide bonds. The number of nitrogens with one attached hydrogen (secondary N) is 2. The molecule has 15 heteroatoms. The van der Waals surface area contributed by atoms with Gasteiger partial charge in [0.1, 0.15) is 21.2 Å². The maximum absolute atomic E-state index is 7.29. The van der Waals surface area contributed by atoms with E-state index >= 15 is 0 Å². The number of thiocarbonyl (C=S) groups is 3. The van der Waals surface area contributed by atoms with Crippen molar-refractivity contribution in [1.29, 1.82) is 0 Å². The van der Waals surface area contributed by atoms with Crippen LogP contribution in [0.4, 0.5) is 0 Å². The molecule has 0 aromatic heterocycles. The second-order valence-electron chi connectivity index (χ2n) is 14.0. The Morgan fingerprint density at radius 1 is 0.517 bits per heavy atom. The summed E-state index contributed by atoms with van der Waals surface area (Å²) in [7, 11) is -2.80. The topological polar surface area (TPSA) is 27.3 Å². The third-order valence-corrected chi connectivity index (χ3v) is 16.8. The fourth-order valence-corrected chi connectivity index (χ4v) is 14.4. The zero-order chi connectivity index (χ0) is 43.4. The van der Waals surface area contributed by atoms with Crippen molar-refractivity contribution < 1.29 is 17.1 Å². The molecular formula is C43H52Cl4CuN3PS6. The van der Waals surface area contributed by atoms with Gasteiger partial charge in [-0.3, -0.25) is 0 Å². The van der Waals surface area contributed by atoms with Crippen LogP contribution >= 0.6 is 90.3 Å². The molecule has 0 atom stereocenters. The van der Waals surface area contributed by atoms with Gasteiger partial charge in [0.25, 0.3) is 0 Å². The summed E-state index contributed by atoms with van der Waals surface area (Å²) in [4.78, 5) is 2.07. The molecule has 0 aliphatic carbocycles. The molecule has 4 rings (SSSR count). The number of hydrogen-bond acceptors (Lipinski definition) is 6. The molecule has 0 aliphatic rings. The molecule has 3 nitrogen and oxygen atoms in total. The van der Waals surface area contributed by atoms with Crippen LogP contribution in [0.5, 0.6) is 0 Å². The number of halogens is 4. The average molecular weight is 1040 g/mol. The molecule has 0 spiro atoms. The van der Waals surface area contributed by atoms with E-state index in [-0.39, 0.29) is 17.1 Å². The number of benzene rings is 4. The van der Waals surface area contributed by atoms with Crippen molar-refractivity contribution in [3.05, 3.63) is 113 Å². The smallest absolute Gasteiger partial charge is 0.412 e. The van der Waals surface area contributed by atoms with Gasteiger partial charge in [-0.1, -0.05) is 97.5 Å². The van der Waals surface area contributed by atoms with Crippen LogP contribution in [0.15, 0.2) is 48.5 Å². The van der Waals surface area contributed by atoms with Crippen LogP contribution in [0.1, 0.15) is 71.2 Å². The Bertz CT molecular complexity index is 1830. The van der Waals surface area contributed by atoms with E-state index in [2.05, 4.69) is 183 Å². The summed E-state index contributed by atoms with van der Waals surface area (Å²) in [5, 5.41) is 12.5. The van der Waals surface area contributed by atoms with Crippen molar-refractivity contribution in [3.8, 4) is 0 Å². The predicted molar refractivity (Wildman–Crippen MR) is 277 cm³/mol. The van der Waals surface area contributed by atoms with E-state index in [9.17, 15) is 0 Å². The summed E-state index contributed by atoms with van der Waals surface area (Å²) in [6.07, 6.45) is 2.24. The van der Waals surface area contributed by atoms with E-state index < -0.39 is 7.26 Å². The largest absolute Gasteiger partial charge is 2.00 e. The van der Waals surface area contributed by atoms with Gasteiger partial charge in [-0.2, -0.15) is 0 Å². The molecular weight excluding hydrogens is 987 g/mol. The molecule has 0 fully saturated rings. The van der Waals surface area contributed by atoms with E-state index in [1.54, 1.807) is 0 Å². The standard InChI is InChI=1S/C32H32Cl4P.C7H15NS2.C4H8N2S4.Cu/c1-17-9-21(5)29(33)25(13-17)37(26-14-18(2)10-22(6)30(26)34,27-15-19(3)11-23(7)31(27)35)28-16-20(4)12-24(8)32(28)36;1-3-5-8(6-4-2)7(9)10;7-3(8)5-1-2-6-4(9)10;/h9-16H,1-8H3;3-6H2,1-2H3,(H,9,10);1-2H2,(H2,5,7,8)(H2,6,9,10);/q+1;;;+2/p-3. The number of nitrogens with zero attached hydrogens (tertiary/aromatic N) is 1. The molecule has 4 aromatic carbocycles. The third-order valence-electron chi connectivity index (χ3n) is 8.87. The Kier molecular flexibility index (Phi) is 24.9. The van der Waals surface area contributed by atoms with Crippen LogP contribution in [0, 0.1) is 55.4 Å². The van der Waals surface area contributed by atoms with Crippen LogP contribution in [-0.4, -0.2) is 44.0 Å². The van der Waals surface area contributed by atoms with Crippen molar-refractivity contribution in [2.75, 3.05) is 26.2 Å². The number of hydrogen-bond donors (Lipinski definition) is 2. The molecule has 0 bridgehead atoms. The molecule has 0 aliphatic heterocycles. The zero-order valence-electron chi connectivity index (χ0n) is 34.5. The Morgan fingerprint density at radius 2 is 0.759 bits per heavy atom. The van der Waals surface area contributed by atoms with Gasteiger partial charge >= 0.3 is 17.1 Å². The fraction of sp³-hybridized carbons (Fsp3) is 0.372. The summed E-state index contributed by atoms with van der Waals surface area (Å²) in [6.45, 7) is 24.3. The van der Waals surface area contributed by atoms with Crippen molar-refractivity contribution in [2.24, 2.45) is 0 Å². The Labute approximate surface area is 412 Å². The van der Waals surface area contributed by atoms with E-state index in [0.29, 0.717) is 26.1 Å². The number of aryl methyl sites for hydroxylation is 8. The first kappa shape index (κ1) is 55.3. The Balaban J connectivity index is 0.000000661. The van der Waals surface area contributed by atoms with Crippen LogP contribution in [-0.2, 0) is 55.0 Å². The number of rotatable bonds is 11. The fourth-order valence-electron chi connectivity index (χ4n) is 6.63. The second-order valence-corrected chi connectivity index (χ2v) is 22.0. The molecule has 4 aromatic rings. The maximum Gasteiger partial charge on any atom is 2.00 e. The molecule has 0 heterocycles. The first-order valence-electron chi connectivity index (χ1n) is 18.5. The molecule has 0 saturated heterocycles. The Hall–Kier alpha value is -0.681. The molecule has 0 saturated carbocycles. The Morgan fingerprint density at radius 3 is 0.948 bits per heavy atom. The van der Waals surface area contributed by atoms with E-state index in [1.807, 2.05) is 0 Å². The van der Waals surface area contributed by atoms with Gasteiger partial charge in [-0.05, 0) is 137 Å². The first-order valence-corrected chi connectivity index (χ1v) is 24.2. The maximum atomic E-state index is 7.29. The van der Waals surface area contributed by atoms with Crippen LogP contribution in [0.2, 0.25) is 20.1 Å². The van der Waals surface area contributed by atoms with Gasteiger partial charge in [0.2, 0.25) is 0 Å². The monoisotopic (exact) mass is 1040 g/mol. The van der Waals surface area contributed by atoms with Gasteiger partial charge in [0.15, 0.2) is 7.26 Å². The van der Waals surface area contributed by atoms with Crippen LogP contribution in [0.25, 0.3) is 0 Å². The molecule has 2 N–H and O–H groups in total. The summed E-state index contributed by atoms with van der Waals surface area (Å²) in [5.41, 5.74) is 8.58. The summed E-state index contributed by atoms with van der Waals surface area (Å²) >= 11 is 57.3. The third kappa shape index (κ3) is 15.0. The zero-order valence-corrected chi connectivity index (χ0v) is 44.3. The quantitative estimate of drug-likeness (QED) is 0.0501. The predicted octanol–water partition coefficient (Wildman–Crippen LogP) is 11.2. The SMILES string of the molecule is CCCN(CCC)C(=S)[S-].Cc1cc(C)c(Cl)c([P+](c2cc(C)cc(C)c2Cl)(c2cc(C)cc(C)c2Cl)c2cc(C)cc(C)c2Cl)c1.S=C([S-])NCCNC(=S)[S-].[Cu+2]. The van der Waals surface area contributed by atoms with Gasteiger partial charge < -0.3 is 90.1 Å². The molecule has 58 heavy (non-hydrogen) atoms. The van der Waals surface area contributed by atoms with Gasteiger partial charge in [-0.25, -0.2) is 0 Å². The van der Waals surface area contributed by atoms with Crippen molar-refractivity contribution in [2.45, 2.75) is 82.1 Å². The minimum atomic E-state index is -2.80. The van der Waals surface area contributed by atoms with Gasteiger partial charge in [-0.15, -0.1) is 0 Å². The van der Waals surface area contributed by atoms with Crippen molar-refractivity contribution in [3.63, 3.8) is 0 Å². The van der Waals surface area contributed by atoms with Crippen molar-refractivity contribution in [1.82, 2.24) is 15.5 Å². The van der Waals surface area contributed by atoms with Crippen molar-refractivity contribution >= 4 is 162 Å².